The Kier molecular flexibility index (Phi) is 3.11. The summed E-state index contributed by atoms with van der Waals surface area (Å²) in [6.07, 6.45) is 4.47. The molecule has 17 heavy (non-hydrogen) atoms. The van der Waals surface area contributed by atoms with Gasteiger partial charge in [-0.1, -0.05) is 0 Å². The van der Waals surface area contributed by atoms with Crippen LogP contribution in [0.1, 0.15) is 12.8 Å². The van der Waals surface area contributed by atoms with Crippen LogP contribution in [0.25, 0.3) is 0 Å². The van der Waals surface area contributed by atoms with Gasteiger partial charge in [-0.2, -0.15) is 0 Å². The summed E-state index contributed by atoms with van der Waals surface area (Å²) in [6.45, 7) is -1.36. The first-order valence-corrected chi connectivity index (χ1v) is 12.2. The van der Waals surface area contributed by atoms with Crippen LogP contribution in [0.4, 0.5) is 13.2 Å². The normalized spacial score (nSPS) is 33.9. The molecule has 0 bridgehead atoms. The fourth-order valence-corrected chi connectivity index (χ4v) is 20.4. The minimum absolute atomic E-state index is 0.548. The standard InChI is InChI=1S/C8H15F3O3P2S/c1-16(14-17(12,13)8(9,10)11)6-2-4-15(16)5-3-7-16/h2-7H2,1H3. The number of hydrogen-bond donors (Lipinski definition) is 0. The number of fused-ring (bicyclic) bond motifs is 1. The molecule has 3 nitrogen and oxygen atoms in total. The van der Waals surface area contributed by atoms with Gasteiger partial charge in [0.05, 0.1) is 0 Å². The zero-order chi connectivity index (χ0) is 13.0. The van der Waals surface area contributed by atoms with Crippen LogP contribution < -0.4 is 0 Å². The Morgan fingerprint density at radius 1 is 1.18 bits per heavy atom. The van der Waals surface area contributed by atoms with Crippen molar-refractivity contribution in [3.8, 4) is 0 Å². The van der Waals surface area contributed by atoms with Gasteiger partial charge in [0.2, 0.25) is 0 Å². The molecule has 2 rings (SSSR count). The molecular weight excluding hydrogens is 295 g/mol. The zero-order valence-electron chi connectivity index (χ0n) is 9.40. The summed E-state index contributed by atoms with van der Waals surface area (Å²) in [5.74, 6) is 0. The number of hydrogen-bond acceptors (Lipinski definition) is 3. The fourth-order valence-electron chi connectivity index (χ4n) is 2.83. The fraction of sp³-hybridized carbons (Fsp3) is 1.00. The molecular formula is C8H15F3O3P2S. The topological polar surface area (TPSA) is 43.4 Å². The van der Waals surface area contributed by atoms with Crippen LogP contribution in [0.2, 0.25) is 0 Å². The van der Waals surface area contributed by atoms with Gasteiger partial charge in [0.15, 0.2) is 0 Å². The third kappa shape index (κ3) is 2.13. The first-order chi connectivity index (χ1) is 7.57. The van der Waals surface area contributed by atoms with Crippen molar-refractivity contribution in [3.05, 3.63) is 0 Å². The predicted molar refractivity (Wildman–Crippen MR) is 64.5 cm³/mol. The quantitative estimate of drug-likeness (QED) is 0.581. The van der Waals surface area contributed by atoms with E-state index in [9.17, 15) is 21.6 Å². The summed E-state index contributed by atoms with van der Waals surface area (Å²) >= 11 is 0. The molecule has 2 fully saturated rings. The number of alkyl halides is 3. The molecule has 2 aliphatic rings. The molecule has 0 atom stereocenters. The van der Waals surface area contributed by atoms with Crippen molar-refractivity contribution < 1.29 is 25.6 Å². The Morgan fingerprint density at radius 3 is 2.06 bits per heavy atom. The van der Waals surface area contributed by atoms with Crippen LogP contribution in [0.5, 0.6) is 0 Å². The summed E-state index contributed by atoms with van der Waals surface area (Å²) < 4.78 is 64.6. The molecule has 2 saturated heterocycles. The van der Waals surface area contributed by atoms with Crippen molar-refractivity contribution in [1.29, 1.82) is 0 Å². The molecule has 0 aliphatic carbocycles. The summed E-state index contributed by atoms with van der Waals surface area (Å²) in [5, 5.41) is 0. The van der Waals surface area contributed by atoms with Gasteiger partial charge < -0.3 is 0 Å². The van der Waals surface area contributed by atoms with Gasteiger partial charge in [-0.15, -0.1) is 0 Å². The van der Waals surface area contributed by atoms with Crippen molar-refractivity contribution in [2.24, 2.45) is 0 Å². The van der Waals surface area contributed by atoms with E-state index in [1.807, 2.05) is 0 Å². The van der Waals surface area contributed by atoms with E-state index in [1.165, 1.54) is 0 Å². The Morgan fingerprint density at radius 2 is 1.65 bits per heavy atom. The predicted octanol–water partition coefficient (Wildman–Crippen LogP) is 3.16. The van der Waals surface area contributed by atoms with Gasteiger partial charge in [0, 0.05) is 0 Å². The molecule has 2 heterocycles. The average molecular weight is 310 g/mol. The van der Waals surface area contributed by atoms with E-state index in [2.05, 4.69) is 0 Å². The molecule has 0 aromatic carbocycles. The first kappa shape index (κ1) is 14.0. The van der Waals surface area contributed by atoms with Crippen molar-refractivity contribution in [3.63, 3.8) is 0 Å². The van der Waals surface area contributed by atoms with E-state index in [0.717, 1.165) is 25.2 Å². The zero-order valence-corrected chi connectivity index (χ0v) is 12.0. The second-order valence-electron chi connectivity index (χ2n) is 4.94. The molecule has 0 N–H and O–H groups in total. The summed E-state index contributed by atoms with van der Waals surface area (Å²) in [4.78, 5) is 0. The average Bonchev–Trinajstić information content (AvgIpc) is 2.54. The molecule has 0 aromatic rings. The second kappa shape index (κ2) is 3.78. The second-order valence-corrected chi connectivity index (χ2v) is 18.5. The van der Waals surface area contributed by atoms with Gasteiger partial charge in [-0.05, 0) is 0 Å². The molecule has 2 aliphatic heterocycles. The van der Waals surface area contributed by atoms with Gasteiger partial charge in [-0.3, -0.25) is 0 Å². The van der Waals surface area contributed by atoms with Gasteiger partial charge in [0.1, 0.15) is 0 Å². The van der Waals surface area contributed by atoms with Crippen LogP contribution in [-0.2, 0) is 14.1 Å². The maximum atomic E-state index is 12.4. The summed E-state index contributed by atoms with van der Waals surface area (Å²) in [7, 11) is -6.07. The third-order valence-electron chi connectivity index (χ3n) is 3.69. The van der Waals surface area contributed by atoms with E-state index in [0.29, 0.717) is 12.3 Å². The maximum absolute atomic E-state index is 12.4. The molecule has 0 aromatic heterocycles. The van der Waals surface area contributed by atoms with E-state index in [4.69, 9.17) is 3.97 Å². The SMILES string of the molecule is CP12(OS(=O)(=O)C(F)(F)F)CCCP1CCC2. The van der Waals surface area contributed by atoms with E-state index in [1.54, 1.807) is 6.66 Å². The van der Waals surface area contributed by atoms with Crippen molar-refractivity contribution in [2.75, 3.05) is 31.3 Å². The number of rotatable bonds is 2. The Labute approximate surface area is 99.9 Å². The van der Waals surface area contributed by atoms with Crippen molar-refractivity contribution >= 4 is 24.2 Å². The van der Waals surface area contributed by atoms with Crippen LogP contribution in [0.15, 0.2) is 0 Å². The van der Waals surface area contributed by atoms with Crippen LogP contribution >= 0.6 is 14.1 Å². The third-order valence-corrected chi connectivity index (χ3v) is 20.7. The Hall–Kier alpha value is 0.560. The minimum atomic E-state index is -5.43. The van der Waals surface area contributed by atoms with Gasteiger partial charge >= 0.3 is 99.5 Å². The molecule has 0 amide bonds. The monoisotopic (exact) mass is 310 g/mol. The molecule has 0 spiro atoms. The van der Waals surface area contributed by atoms with Crippen molar-refractivity contribution in [2.45, 2.75) is 18.3 Å². The molecule has 102 valence electrons. The Balaban J connectivity index is 2.35. The molecule has 0 radical (unpaired) electrons. The van der Waals surface area contributed by atoms with Crippen LogP contribution in [-0.4, -0.2) is 45.2 Å². The molecule has 9 heteroatoms. The summed E-state index contributed by atoms with van der Waals surface area (Å²) in [6, 6.07) is 0. The van der Waals surface area contributed by atoms with Crippen LogP contribution in [0, 0.1) is 0 Å². The van der Waals surface area contributed by atoms with E-state index < -0.39 is 29.8 Å². The van der Waals surface area contributed by atoms with E-state index in [-0.39, 0.29) is 0 Å². The van der Waals surface area contributed by atoms with Gasteiger partial charge in [0.25, 0.3) is 0 Å². The van der Waals surface area contributed by atoms with Crippen molar-refractivity contribution in [1.82, 2.24) is 0 Å². The summed E-state index contributed by atoms with van der Waals surface area (Å²) in [5.41, 5.74) is -5.29. The Bertz CT molecular complexity index is 424. The van der Waals surface area contributed by atoms with E-state index >= 15 is 0 Å². The molecule has 0 unspecified atom stereocenters. The van der Waals surface area contributed by atoms with Gasteiger partial charge in [-0.25, -0.2) is 0 Å². The first-order valence-electron chi connectivity index (χ1n) is 5.37. The number of halogens is 3. The van der Waals surface area contributed by atoms with Crippen LogP contribution in [0.3, 0.4) is 0 Å². The molecule has 0 saturated carbocycles.